The van der Waals surface area contributed by atoms with Crippen LogP contribution in [-0.2, 0) is 39.7 Å². The van der Waals surface area contributed by atoms with Crippen molar-refractivity contribution >= 4 is 31.8 Å². The van der Waals surface area contributed by atoms with Crippen LogP contribution >= 0.6 is 8.25 Å². The fraction of sp³-hybridized carbons (Fsp3) is 0.444. The molecule has 2 aromatic heterocycles. The number of nitrogens with one attached hydrogen (secondary N) is 2. The average molecular weight is 706 g/mol. The van der Waals surface area contributed by atoms with Crippen LogP contribution in [0, 0.1) is 13.8 Å². The van der Waals surface area contributed by atoms with Crippen LogP contribution in [0.15, 0.2) is 36.4 Å². The number of nitrogen functional groups attached to an aromatic ring is 2. The van der Waals surface area contributed by atoms with E-state index in [-0.39, 0.29) is 25.1 Å². The summed E-state index contributed by atoms with van der Waals surface area (Å²) in [6.07, 6.45) is 5.16. The van der Waals surface area contributed by atoms with E-state index in [0.29, 0.717) is 36.0 Å². The van der Waals surface area contributed by atoms with Gasteiger partial charge in [-0.15, -0.1) is 9.05 Å². The molecule has 0 aliphatic rings. The van der Waals surface area contributed by atoms with E-state index < -0.39 is 8.25 Å². The first kappa shape index (κ1) is 38.2. The molecule has 6 N–H and O–H groups in total. The van der Waals surface area contributed by atoms with Gasteiger partial charge in [0.2, 0.25) is 11.9 Å². The highest BCUT2D eigenvalue weighted by molar-refractivity contribution is 7.33. The number of anilines is 4. The zero-order valence-electron chi connectivity index (χ0n) is 30.0. The summed E-state index contributed by atoms with van der Waals surface area (Å²) < 4.78 is 35.5. The highest BCUT2D eigenvalue weighted by atomic mass is 31.1. The predicted molar refractivity (Wildman–Crippen MR) is 198 cm³/mol. The van der Waals surface area contributed by atoms with Gasteiger partial charge in [0.1, 0.15) is 36.3 Å². The first-order valence-electron chi connectivity index (χ1n) is 16.9. The zero-order chi connectivity index (χ0) is 36.0. The number of hydrogen-bond donors (Lipinski definition) is 4. The maximum atomic E-state index is 12.9. The number of nitrogens with zero attached hydrogens (tertiary/aromatic N) is 4. The molecule has 0 fully saturated rings. The summed E-state index contributed by atoms with van der Waals surface area (Å²) >= 11 is 0. The van der Waals surface area contributed by atoms with Gasteiger partial charge in [0.05, 0.1) is 14.2 Å². The molecular weight excluding hydrogens is 655 g/mol. The van der Waals surface area contributed by atoms with Crippen molar-refractivity contribution in [2.45, 2.75) is 79.4 Å². The smallest absolute Gasteiger partial charge is 0.496 e. The SMILES string of the molecule is CCCCNc1nc(N)nc(C)c1Cc1cc(CO[P+](=O)OCc2ccc(OC)c(Cc3c(C)nc(N)nc3NCCCC)c2)ccc1OC. The van der Waals surface area contributed by atoms with Gasteiger partial charge in [-0.2, -0.15) is 9.97 Å². The highest BCUT2D eigenvalue weighted by Crippen LogP contribution is 2.33. The Hall–Kier alpha value is -4.58. The molecule has 0 bridgehead atoms. The lowest BCUT2D eigenvalue weighted by Gasteiger charge is -2.16. The van der Waals surface area contributed by atoms with Gasteiger partial charge in [-0.05, 0) is 73.2 Å². The van der Waals surface area contributed by atoms with Crippen LogP contribution < -0.4 is 31.6 Å². The van der Waals surface area contributed by atoms with Gasteiger partial charge < -0.3 is 31.6 Å². The van der Waals surface area contributed by atoms with E-state index in [1.807, 2.05) is 50.2 Å². The first-order chi connectivity index (χ1) is 24.1. The minimum absolute atomic E-state index is 0.0864. The molecule has 2 heterocycles. The Balaban J connectivity index is 1.42. The van der Waals surface area contributed by atoms with Crippen molar-refractivity contribution in [3.05, 3.63) is 81.2 Å². The topological polar surface area (TPSA) is 182 Å². The van der Waals surface area contributed by atoms with Crippen molar-refractivity contribution < 1.29 is 23.1 Å². The van der Waals surface area contributed by atoms with Crippen molar-refractivity contribution in [2.24, 2.45) is 0 Å². The summed E-state index contributed by atoms with van der Waals surface area (Å²) in [7, 11) is 0.849. The van der Waals surface area contributed by atoms with E-state index in [1.165, 1.54) is 0 Å². The number of methoxy groups -OCH3 is 2. The van der Waals surface area contributed by atoms with E-state index in [1.54, 1.807) is 14.2 Å². The summed E-state index contributed by atoms with van der Waals surface area (Å²) in [6.45, 7) is 9.85. The van der Waals surface area contributed by atoms with E-state index in [2.05, 4.69) is 44.4 Å². The van der Waals surface area contributed by atoms with Crippen molar-refractivity contribution in [2.75, 3.05) is 49.4 Å². The number of ether oxygens (including phenoxy) is 2. The minimum atomic E-state index is -2.41. The summed E-state index contributed by atoms with van der Waals surface area (Å²) in [4.78, 5) is 17.7. The van der Waals surface area contributed by atoms with Crippen LogP contribution in [0.25, 0.3) is 0 Å². The van der Waals surface area contributed by atoms with Crippen molar-refractivity contribution in [3.63, 3.8) is 0 Å². The molecule has 14 heteroatoms. The van der Waals surface area contributed by atoms with Gasteiger partial charge in [-0.3, -0.25) is 0 Å². The quantitative estimate of drug-likeness (QED) is 0.0542. The molecule has 0 aliphatic carbocycles. The van der Waals surface area contributed by atoms with Crippen molar-refractivity contribution in [1.29, 1.82) is 0 Å². The lowest BCUT2D eigenvalue weighted by molar-refractivity contribution is 0.212. The largest absolute Gasteiger partial charge is 0.698 e. The number of hydrogen-bond acceptors (Lipinski definition) is 13. The minimum Gasteiger partial charge on any atom is -0.496 e. The predicted octanol–water partition coefficient (Wildman–Crippen LogP) is 7.06. The monoisotopic (exact) mass is 705 g/mol. The third-order valence-electron chi connectivity index (χ3n) is 8.21. The van der Waals surface area contributed by atoms with Crippen LogP contribution in [-0.4, -0.2) is 47.2 Å². The second-order valence-corrected chi connectivity index (χ2v) is 12.9. The van der Waals surface area contributed by atoms with Crippen LogP contribution in [0.4, 0.5) is 23.5 Å². The molecule has 4 rings (SSSR count). The van der Waals surface area contributed by atoms with E-state index in [9.17, 15) is 4.57 Å². The summed E-state index contributed by atoms with van der Waals surface area (Å²) in [5.41, 5.74) is 18.8. The number of aryl methyl sites for hydroxylation is 2. The maximum Gasteiger partial charge on any atom is 0.698 e. The molecule has 0 radical (unpaired) electrons. The standard InChI is InChI=1S/C36H50N8O5P/c1-7-9-15-39-33-29(23(3)41-35(37)43-33)19-27-17-25(11-13-31(27)46-5)21-48-50(45)49-22-26-12-14-32(47-6)28(18-26)20-30-24(4)42-36(38)44-34(30)40-16-10-8-2/h11-14,17-18H,7-10,15-16,19-22H2,1-6H3,(H3,37,39,41,43)(H3,38,40,42,44)/q+1. The molecule has 0 amide bonds. The fourth-order valence-electron chi connectivity index (χ4n) is 5.51. The van der Waals surface area contributed by atoms with Crippen LogP contribution in [0.5, 0.6) is 11.5 Å². The summed E-state index contributed by atoms with van der Waals surface area (Å²) in [5.74, 6) is 3.31. The second kappa shape index (κ2) is 19.0. The number of benzene rings is 2. The average Bonchev–Trinajstić information content (AvgIpc) is 3.09. The molecule has 0 atom stereocenters. The zero-order valence-corrected chi connectivity index (χ0v) is 30.9. The Morgan fingerprint density at radius 1 is 0.680 bits per heavy atom. The number of aromatic nitrogens is 4. The molecule has 0 saturated carbocycles. The first-order valence-corrected chi connectivity index (χ1v) is 18.0. The Labute approximate surface area is 295 Å². The Kier molecular flexibility index (Phi) is 14.5. The molecular formula is C36H50N8O5P+. The third kappa shape index (κ3) is 10.7. The fourth-order valence-corrected chi connectivity index (χ4v) is 6.09. The molecule has 13 nitrogen and oxygen atoms in total. The number of unbranched alkanes of at least 4 members (excludes halogenated alkanes) is 2. The molecule has 0 unspecified atom stereocenters. The molecule has 50 heavy (non-hydrogen) atoms. The number of rotatable bonds is 20. The molecule has 268 valence electrons. The molecule has 0 spiro atoms. The van der Waals surface area contributed by atoms with Gasteiger partial charge in [-0.25, -0.2) is 9.97 Å². The van der Waals surface area contributed by atoms with Gasteiger partial charge >= 0.3 is 8.25 Å². The van der Waals surface area contributed by atoms with Crippen LogP contribution in [0.2, 0.25) is 0 Å². The molecule has 4 aromatic rings. The van der Waals surface area contributed by atoms with Gasteiger partial charge in [0, 0.05) is 53.0 Å². The normalized spacial score (nSPS) is 11.0. The Morgan fingerprint density at radius 2 is 1.10 bits per heavy atom. The van der Waals surface area contributed by atoms with Gasteiger partial charge in [0.25, 0.3) is 0 Å². The summed E-state index contributed by atoms with van der Waals surface area (Å²) in [5, 5.41) is 6.80. The Morgan fingerprint density at radius 3 is 1.48 bits per heavy atom. The van der Waals surface area contributed by atoms with E-state index in [4.69, 9.17) is 30.0 Å². The van der Waals surface area contributed by atoms with Gasteiger partial charge in [0.15, 0.2) is 0 Å². The van der Waals surface area contributed by atoms with Crippen LogP contribution in [0.3, 0.4) is 0 Å². The summed E-state index contributed by atoms with van der Waals surface area (Å²) in [6, 6.07) is 11.4. The highest BCUT2D eigenvalue weighted by Gasteiger charge is 2.23. The van der Waals surface area contributed by atoms with E-state index >= 15 is 0 Å². The van der Waals surface area contributed by atoms with Crippen molar-refractivity contribution in [1.82, 2.24) is 19.9 Å². The third-order valence-corrected chi connectivity index (χ3v) is 8.89. The van der Waals surface area contributed by atoms with Gasteiger partial charge in [-0.1, -0.05) is 38.8 Å². The lowest BCUT2D eigenvalue weighted by Crippen LogP contribution is -2.12. The molecule has 2 aromatic carbocycles. The molecule has 0 aliphatic heterocycles. The lowest BCUT2D eigenvalue weighted by atomic mass is 10.0. The number of nitrogens with two attached hydrogens (primary N) is 2. The second-order valence-electron chi connectivity index (χ2n) is 12.0. The van der Waals surface area contributed by atoms with E-state index in [0.717, 1.165) is 83.5 Å². The van der Waals surface area contributed by atoms with Crippen LogP contribution in [0.1, 0.15) is 84.3 Å². The Bertz CT molecular complexity index is 1630. The maximum absolute atomic E-state index is 12.9. The molecule has 0 saturated heterocycles. The van der Waals surface area contributed by atoms with Crippen molar-refractivity contribution in [3.8, 4) is 11.5 Å².